The van der Waals surface area contributed by atoms with E-state index >= 15 is 0 Å². The molecule has 6 heteroatoms. The fourth-order valence-corrected chi connectivity index (χ4v) is 2.32. The smallest absolute Gasteiger partial charge is 0.381 e. The van der Waals surface area contributed by atoms with Gasteiger partial charge in [0.2, 0.25) is 0 Å². The quantitative estimate of drug-likeness (QED) is 0.793. The molecule has 0 aromatic heterocycles. The number of nitrogens with one attached hydrogen (secondary N) is 2. The van der Waals surface area contributed by atoms with Crippen LogP contribution in [0.15, 0.2) is 48.5 Å². The van der Waals surface area contributed by atoms with Crippen molar-refractivity contribution in [2.24, 2.45) is 5.92 Å². The summed E-state index contributed by atoms with van der Waals surface area (Å²) in [5.74, 6) is 0.136. The second kappa shape index (κ2) is 8.05. The van der Waals surface area contributed by atoms with Gasteiger partial charge in [-0.1, -0.05) is 38.1 Å². The van der Waals surface area contributed by atoms with Crippen LogP contribution in [-0.2, 0) is 12.7 Å². The summed E-state index contributed by atoms with van der Waals surface area (Å²) in [5, 5.41) is 5.77. The van der Waals surface area contributed by atoms with E-state index in [1.807, 2.05) is 13.8 Å². The van der Waals surface area contributed by atoms with Crippen molar-refractivity contribution < 1.29 is 18.0 Å². The number of carbonyl (C=O) groups excluding carboxylic acids is 1. The highest BCUT2D eigenvalue weighted by molar-refractivity contribution is 5.95. The summed E-state index contributed by atoms with van der Waals surface area (Å²) in [7, 11) is 0. The predicted molar refractivity (Wildman–Crippen MR) is 92.4 cm³/mol. The van der Waals surface area contributed by atoms with Crippen molar-refractivity contribution in [3.05, 3.63) is 65.2 Å². The van der Waals surface area contributed by atoms with Crippen LogP contribution in [0.2, 0.25) is 0 Å². The molecule has 0 aliphatic carbocycles. The Bertz CT molecular complexity index is 727. The molecule has 0 saturated heterocycles. The van der Waals surface area contributed by atoms with Gasteiger partial charge in [-0.05, 0) is 35.7 Å². The Morgan fingerprint density at radius 3 is 2.48 bits per heavy atom. The molecule has 2 rings (SSSR count). The Labute approximate surface area is 145 Å². The van der Waals surface area contributed by atoms with E-state index < -0.39 is 11.7 Å². The largest absolute Gasteiger partial charge is 0.416 e. The van der Waals surface area contributed by atoms with Gasteiger partial charge in [-0.15, -0.1) is 0 Å². The molecule has 0 heterocycles. The molecule has 0 radical (unpaired) electrons. The SMILES string of the molecule is CC(C)CNC(=O)c1cccc(NCc2ccccc2C(F)(F)F)c1. The van der Waals surface area contributed by atoms with E-state index in [1.54, 1.807) is 30.3 Å². The van der Waals surface area contributed by atoms with Crippen LogP contribution in [0, 0.1) is 5.92 Å². The van der Waals surface area contributed by atoms with Crippen molar-refractivity contribution >= 4 is 11.6 Å². The maximum atomic E-state index is 13.0. The lowest BCUT2D eigenvalue weighted by Crippen LogP contribution is -2.27. The zero-order valence-corrected chi connectivity index (χ0v) is 14.2. The third kappa shape index (κ3) is 5.52. The Hall–Kier alpha value is -2.50. The number of hydrogen-bond acceptors (Lipinski definition) is 2. The molecule has 0 atom stereocenters. The molecule has 0 aliphatic rings. The highest BCUT2D eigenvalue weighted by atomic mass is 19.4. The topological polar surface area (TPSA) is 41.1 Å². The molecule has 0 aliphatic heterocycles. The molecule has 0 saturated carbocycles. The first-order chi connectivity index (χ1) is 11.8. The molecule has 2 N–H and O–H groups in total. The van der Waals surface area contributed by atoms with Gasteiger partial charge in [0.15, 0.2) is 0 Å². The minimum atomic E-state index is -4.39. The molecular formula is C19H21F3N2O. The molecule has 0 bridgehead atoms. The van der Waals surface area contributed by atoms with Gasteiger partial charge in [-0.2, -0.15) is 13.2 Å². The number of benzene rings is 2. The van der Waals surface area contributed by atoms with E-state index in [4.69, 9.17) is 0 Å². The van der Waals surface area contributed by atoms with E-state index in [2.05, 4.69) is 10.6 Å². The Balaban J connectivity index is 2.08. The lowest BCUT2D eigenvalue weighted by molar-refractivity contribution is -0.138. The molecular weight excluding hydrogens is 329 g/mol. The van der Waals surface area contributed by atoms with Crippen LogP contribution in [0.4, 0.5) is 18.9 Å². The third-order valence-electron chi connectivity index (χ3n) is 3.60. The number of rotatable bonds is 6. The summed E-state index contributed by atoms with van der Waals surface area (Å²) < 4.78 is 39.0. The van der Waals surface area contributed by atoms with Gasteiger partial charge >= 0.3 is 6.18 Å². The fourth-order valence-electron chi connectivity index (χ4n) is 2.32. The molecule has 1 amide bonds. The molecule has 25 heavy (non-hydrogen) atoms. The normalized spacial score (nSPS) is 11.4. The first-order valence-electron chi connectivity index (χ1n) is 8.04. The molecule has 134 valence electrons. The fraction of sp³-hybridized carbons (Fsp3) is 0.316. The summed E-state index contributed by atoms with van der Waals surface area (Å²) in [6, 6.07) is 12.2. The van der Waals surface area contributed by atoms with E-state index in [0.717, 1.165) is 6.07 Å². The number of alkyl halides is 3. The second-order valence-corrected chi connectivity index (χ2v) is 6.19. The van der Waals surface area contributed by atoms with Crippen molar-refractivity contribution in [3.8, 4) is 0 Å². The maximum absolute atomic E-state index is 13.0. The number of hydrogen-bond donors (Lipinski definition) is 2. The maximum Gasteiger partial charge on any atom is 0.416 e. The first-order valence-corrected chi connectivity index (χ1v) is 8.04. The molecule has 2 aromatic rings. The van der Waals surface area contributed by atoms with Crippen LogP contribution in [-0.4, -0.2) is 12.5 Å². The van der Waals surface area contributed by atoms with Crippen molar-refractivity contribution in [2.75, 3.05) is 11.9 Å². The average molecular weight is 350 g/mol. The van der Waals surface area contributed by atoms with Gasteiger partial charge in [-0.25, -0.2) is 0 Å². The lowest BCUT2D eigenvalue weighted by Gasteiger charge is -2.14. The van der Waals surface area contributed by atoms with Gasteiger partial charge in [0.25, 0.3) is 5.91 Å². The van der Waals surface area contributed by atoms with E-state index in [-0.39, 0.29) is 18.0 Å². The third-order valence-corrected chi connectivity index (χ3v) is 3.60. The van der Waals surface area contributed by atoms with Crippen LogP contribution in [0.3, 0.4) is 0 Å². The Morgan fingerprint density at radius 1 is 1.08 bits per heavy atom. The van der Waals surface area contributed by atoms with Crippen LogP contribution in [0.25, 0.3) is 0 Å². The van der Waals surface area contributed by atoms with Crippen LogP contribution in [0.1, 0.15) is 35.3 Å². The average Bonchev–Trinajstić information content (AvgIpc) is 2.57. The van der Waals surface area contributed by atoms with E-state index in [9.17, 15) is 18.0 Å². The van der Waals surface area contributed by atoms with Crippen molar-refractivity contribution in [3.63, 3.8) is 0 Å². The van der Waals surface area contributed by atoms with Crippen molar-refractivity contribution in [1.29, 1.82) is 0 Å². The van der Waals surface area contributed by atoms with Crippen molar-refractivity contribution in [1.82, 2.24) is 5.32 Å². The first kappa shape index (κ1) is 18.8. The van der Waals surface area contributed by atoms with Crippen molar-refractivity contribution in [2.45, 2.75) is 26.6 Å². The van der Waals surface area contributed by atoms with Gasteiger partial charge in [0.05, 0.1) is 5.56 Å². The minimum Gasteiger partial charge on any atom is -0.381 e. The predicted octanol–water partition coefficient (Wildman–Crippen LogP) is 4.70. The van der Waals surface area contributed by atoms with Gasteiger partial charge in [0, 0.05) is 24.3 Å². The minimum absolute atomic E-state index is 0.0206. The van der Waals surface area contributed by atoms with Crippen LogP contribution in [0.5, 0.6) is 0 Å². The van der Waals surface area contributed by atoms with Gasteiger partial charge in [-0.3, -0.25) is 4.79 Å². The Morgan fingerprint density at radius 2 is 1.80 bits per heavy atom. The second-order valence-electron chi connectivity index (χ2n) is 6.19. The molecule has 0 spiro atoms. The zero-order chi connectivity index (χ0) is 18.4. The number of carbonyl (C=O) groups is 1. The summed E-state index contributed by atoms with van der Waals surface area (Å²) in [6.45, 7) is 4.58. The number of amides is 1. The lowest BCUT2D eigenvalue weighted by atomic mass is 10.1. The van der Waals surface area contributed by atoms with Crippen LogP contribution < -0.4 is 10.6 Å². The zero-order valence-electron chi connectivity index (χ0n) is 14.2. The summed E-state index contributed by atoms with van der Waals surface area (Å²) in [5.41, 5.74) is 0.557. The Kier molecular flexibility index (Phi) is 6.07. The van der Waals surface area contributed by atoms with Gasteiger partial charge in [0.1, 0.15) is 0 Å². The highest BCUT2D eigenvalue weighted by Crippen LogP contribution is 2.32. The monoisotopic (exact) mass is 350 g/mol. The standard InChI is InChI=1S/C19H21F3N2O/c1-13(2)11-24-18(25)14-7-5-8-16(10-14)23-12-15-6-3-4-9-17(15)19(20,21)22/h3-10,13,23H,11-12H2,1-2H3,(H,24,25). The molecule has 0 fully saturated rings. The number of halogens is 3. The van der Waals surface area contributed by atoms with Gasteiger partial charge < -0.3 is 10.6 Å². The molecule has 3 nitrogen and oxygen atoms in total. The van der Waals surface area contributed by atoms with E-state index in [0.29, 0.717) is 23.7 Å². The van der Waals surface area contributed by atoms with E-state index in [1.165, 1.54) is 12.1 Å². The molecule has 0 unspecified atom stereocenters. The van der Waals surface area contributed by atoms with Crippen LogP contribution >= 0.6 is 0 Å². The number of anilines is 1. The summed E-state index contributed by atoms with van der Waals surface area (Å²) >= 11 is 0. The summed E-state index contributed by atoms with van der Waals surface area (Å²) in [4.78, 5) is 12.1. The highest BCUT2D eigenvalue weighted by Gasteiger charge is 2.32. The summed E-state index contributed by atoms with van der Waals surface area (Å²) in [6.07, 6.45) is -4.39. The molecule has 2 aromatic carbocycles.